The molecule has 0 aliphatic rings. The van der Waals surface area contributed by atoms with Gasteiger partial charge in [-0.25, -0.2) is 0 Å². The third-order valence-corrected chi connectivity index (χ3v) is 3.46. The maximum absolute atomic E-state index is 12.1. The Balaban J connectivity index is 3.18. The summed E-state index contributed by atoms with van der Waals surface area (Å²) in [5.41, 5.74) is 4.18. The molecule has 19 heavy (non-hydrogen) atoms. The highest BCUT2D eigenvalue weighted by Gasteiger charge is 2.19. The van der Waals surface area contributed by atoms with Crippen LogP contribution in [0, 0.1) is 20.8 Å². The lowest BCUT2D eigenvalue weighted by atomic mass is 10.0. The summed E-state index contributed by atoms with van der Waals surface area (Å²) in [4.78, 5) is 13.8. The zero-order valence-corrected chi connectivity index (χ0v) is 12.8. The van der Waals surface area contributed by atoms with Crippen LogP contribution in [0.15, 0.2) is 6.07 Å². The third-order valence-electron chi connectivity index (χ3n) is 3.46. The summed E-state index contributed by atoms with van der Waals surface area (Å²) in [6.45, 7) is 6.75. The van der Waals surface area contributed by atoms with E-state index in [2.05, 4.69) is 18.3 Å². The zero-order valence-electron chi connectivity index (χ0n) is 12.8. The van der Waals surface area contributed by atoms with Gasteiger partial charge in [0.05, 0.1) is 12.8 Å². The normalized spacial score (nSPS) is 10.4. The highest BCUT2D eigenvalue weighted by atomic mass is 16.5. The Labute approximate surface area is 115 Å². The number of ether oxygens (including phenoxy) is 1. The lowest BCUT2D eigenvalue weighted by molar-refractivity contribution is -0.118. The van der Waals surface area contributed by atoms with Gasteiger partial charge in [0.2, 0.25) is 5.91 Å². The standard InChI is InChI=1S/C15H24N2O2/c1-10-9-11(2)14(15(19-6)12(10)3)17(5)13(18)7-8-16-4/h9,16H,7-8H2,1-6H3. The average Bonchev–Trinajstić information content (AvgIpc) is 2.38. The van der Waals surface area contributed by atoms with Crippen molar-refractivity contribution in [2.24, 2.45) is 0 Å². The monoisotopic (exact) mass is 264 g/mol. The van der Waals surface area contributed by atoms with Gasteiger partial charge in [0.1, 0.15) is 5.75 Å². The molecule has 0 heterocycles. The number of methoxy groups -OCH3 is 1. The molecule has 0 radical (unpaired) electrons. The van der Waals surface area contributed by atoms with Gasteiger partial charge in [-0.15, -0.1) is 0 Å². The number of aryl methyl sites for hydroxylation is 2. The van der Waals surface area contributed by atoms with Crippen molar-refractivity contribution in [2.45, 2.75) is 27.2 Å². The number of carbonyl (C=O) groups excluding carboxylic acids is 1. The molecule has 1 amide bonds. The summed E-state index contributed by atoms with van der Waals surface area (Å²) in [6, 6.07) is 2.09. The van der Waals surface area contributed by atoms with E-state index in [-0.39, 0.29) is 5.91 Å². The predicted octanol–water partition coefficient (Wildman–Crippen LogP) is 2.19. The molecule has 0 saturated carbocycles. The molecule has 1 N–H and O–H groups in total. The molecule has 1 aromatic carbocycles. The molecule has 0 aliphatic heterocycles. The van der Waals surface area contributed by atoms with Crippen LogP contribution in [-0.4, -0.2) is 33.7 Å². The van der Waals surface area contributed by atoms with Crippen molar-refractivity contribution in [1.29, 1.82) is 0 Å². The van der Waals surface area contributed by atoms with E-state index in [9.17, 15) is 4.79 Å². The van der Waals surface area contributed by atoms with E-state index in [0.717, 1.165) is 22.6 Å². The van der Waals surface area contributed by atoms with Crippen LogP contribution in [0.3, 0.4) is 0 Å². The topological polar surface area (TPSA) is 41.6 Å². The fourth-order valence-electron chi connectivity index (χ4n) is 2.23. The summed E-state index contributed by atoms with van der Waals surface area (Å²) in [6.07, 6.45) is 0.475. The first-order valence-electron chi connectivity index (χ1n) is 6.50. The van der Waals surface area contributed by atoms with Crippen LogP contribution in [0.25, 0.3) is 0 Å². The van der Waals surface area contributed by atoms with Crippen molar-refractivity contribution in [1.82, 2.24) is 5.32 Å². The van der Waals surface area contributed by atoms with Gasteiger partial charge in [-0.3, -0.25) is 4.79 Å². The first-order valence-corrected chi connectivity index (χ1v) is 6.50. The molecule has 0 fully saturated rings. The van der Waals surface area contributed by atoms with E-state index >= 15 is 0 Å². The van der Waals surface area contributed by atoms with Crippen LogP contribution in [0.5, 0.6) is 5.75 Å². The molecule has 1 rings (SSSR count). The van der Waals surface area contributed by atoms with Crippen molar-refractivity contribution in [2.75, 3.05) is 32.6 Å². The second kappa shape index (κ2) is 6.57. The molecular formula is C15H24N2O2. The number of nitrogens with zero attached hydrogens (tertiary/aromatic N) is 1. The summed E-state index contributed by atoms with van der Waals surface area (Å²) in [5.74, 6) is 0.872. The van der Waals surface area contributed by atoms with Gasteiger partial charge < -0.3 is 15.0 Å². The van der Waals surface area contributed by atoms with Gasteiger partial charge in [-0.05, 0) is 44.5 Å². The Morgan fingerprint density at radius 3 is 2.47 bits per heavy atom. The number of rotatable bonds is 5. The Hall–Kier alpha value is -1.55. The largest absolute Gasteiger partial charge is 0.494 e. The van der Waals surface area contributed by atoms with E-state index < -0.39 is 0 Å². The highest BCUT2D eigenvalue weighted by molar-refractivity contribution is 5.95. The number of hydrogen-bond acceptors (Lipinski definition) is 3. The first-order chi connectivity index (χ1) is 8.93. The number of hydrogen-bond donors (Lipinski definition) is 1. The van der Waals surface area contributed by atoms with E-state index in [0.29, 0.717) is 13.0 Å². The molecule has 106 valence electrons. The number of amides is 1. The van der Waals surface area contributed by atoms with E-state index in [1.54, 1.807) is 19.1 Å². The fraction of sp³-hybridized carbons (Fsp3) is 0.533. The summed E-state index contributed by atoms with van der Waals surface area (Å²) >= 11 is 0. The maximum atomic E-state index is 12.1. The van der Waals surface area contributed by atoms with Crippen molar-refractivity contribution in [3.05, 3.63) is 22.8 Å². The van der Waals surface area contributed by atoms with E-state index in [4.69, 9.17) is 4.74 Å². The molecule has 0 aliphatic carbocycles. The molecular weight excluding hydrogens is 240 g/mol. The summed E-state index contributed by atoms with van der Waals surface area (Å²) in [5, 5.41) is 2.99. The van der Waals surface area contributed by atoms with Gasteiger partial charge in [0.15, 0.2) is 0 Å². The second-order valence-corrected chi connectivity index (χ2v) is 4.82. The van der Waals surface area contributed by atoms with Crippen LogP contribution in [0.1, 0.15) is 23.1 Å². The van der Waals surface area contributed by atoms with E-state index in [1.807, 2.05) is 20.9 Å². The third kappa shape index (κ3) is 3.26. The van der Waals surface area contributed by atoms with Gasteiger partial charge in [0, 0.05) is 20.0 Å². The molecule has 4 nitrogen and oxygen atoms in total. The number of nitrogens with one attached hydrogen (secondary N) is 1. The minimum atomic E-state index is 0.0824. The van der Waals surface area contributed by atoms with Crippen molar-refractivity contribution in [3.63, 3.8) is 0 Å². The van der Waals surface area contributed by atoms with E-state index in [1.165, 1.54) is 5.56 Å². The molecule has 1 aromatic rings. The van der Waals surface area contributed by atoms with Crippen molar-refractivity contribution in [3.8, 4) is 5.75 Å². The lowest BCUT2D eigenvalue weighted by Crippen LogP contribution is -2.30. The van der Waals surface area contributed by atoms with Crippen LogP contribution >= 0.6 is 0 Å². The molecule has 0 aromatic heterocycles. The van der Waals surface area contributed by atoms with Gasteiger partial charge in [-0.2, -0.15) is 0 Å². The molecule has 0 atom stereocenters. The first kappa shape index (κ1) is 15.5. The Morgan fingerprint density at radius 1 is 1.32 bits per heavy atom. The molecule has 0 unspecified atom stereocenters. The van der Waals surface area contributed by atoms with Crippen LogP contribution in [-0.2, 0) is 4.79 Å². The molecule has 4 heteroatoms. The Bertz CT molecular complexity index is 470. The predicted molar refractivity (Wildman–Crippen MR) is 79.2 cm³/mol. The minimum Gasteiger partial charge on any atom is -0.494 e. The van der Waals surface area contributed by atoms with Crippen LogP contribution < -0.4 is 15.0 Å². The highest BCUT2D eigenvalue weighted by Crippen LogP contribution is 2.36. The van der Waals surface area contributed by atoms with Crippen LogP contribution in [0.4, 0.5) is 5.69 Å². The lowest BCUT2D eigenvalue weighted by Gasteiger charge is -2.24. The molecule has 0 bridgehead atoms. The van der Waals surface area contributed by atoms with Crippen molar-refractivity contribution < 1.29 is 9.53 Å². The maximum Gasteiger partial charge on any atom is 0.228 e. The number of carbonyl (C=O) groups is 1. The van der Waals surface area contributed by atoms with Crippen molar-refractivity contribution >= 4 is 11.6 Å². The summed E-state index contributed by atoms with van der Waals surface area (Å²) in [7, 11) is 5.30. The minimum absolute atomic E-state index is 0.0824. The van der Waals surface area contributed by atoms with Crippen LogP contribution in [0.2, 0.25) is 0 Å². The number of benzene rings is 1. The van der Waals surface area contributed by atoms with Gasteiger partial charge in [-0.1, -0.05) is 6.07 Å². The zero-order chi connectivity index (χ0) is 14.6. The molecule has 0 saturated heterocycles. The quantitative estimate of drug-likeness (QED) is 0.886. The average molecular weight is 264 g/mol. The number of anilines is 1. The Kier molecular flexibility index (Phi) is 5.36. The molecule has 0 spiro atoms. The SMILES string of the molecule is CNCCC(=O)N(C)c1c(C)cc(C)c(C)c1OC. The summed E-state index contributed by atoms with van der Waals surface area (Å²) < 4.78 is 5.50. The van der Waals surface area contributed by atoms with Gasteiger partial charge in [0.25, 0.3) is 0 Å². The Morgan fingerprint density at radius 2 is 1.95 bits per heavy atom. The fourth-order valence-corrected chi connectivity index (χ4v) is 2.23. The second-order valence-electron chi connectivity index (χ2n) is 4.82. The smallest absolute Gasteiger partial charge is 0.228 e. The van der Waals surface area contributed by atoms with Gasteiger partial charge >= 0.3 is 0 Å².